The highest BCUT2D eigenvalue weighted by atomic mass is 32.1. The molecule has 0 unspecified atom stereocenters. The van der Waals surface area contributed by atoms with E-state index >= 15 is 0 Å². The van der Waals surface area contributed by atoms with E-state index in [-0.39, 0.29) is 6.42 Å². The number of aromatic nitrogens is 2. The minimum Gasteiger partial charge on any atom is -0.481 e. The first kappa shape index (κ1) is 11.7. The highest BCUT2D eigenvalue weighted by Crippen LogP contribution is 2.23. The molecule has 17 heavy (non-hydrogen) atoms. The second-order valence-electron chi connectivity index (χ2n) is 3.61. The molecule has 0 spiro atoms. The van der Waals surface area contributed by atoms with Crippen LogP contribution in [0.4, 0.5) is 0 Å². The Morgan fingerprint density at radius 1 is 1.24 bits per heavy atom. The molecule has 88 valence electrons. The minimum atomic E-state index is -0.766. The Morgan fingerprint density at radius 2 is 2.00 bits per heavy atom. The van der Waals surface area contributed by atoms with Gasteiger partial charge in [-0.05, 0) is 6.42 Å². The Labute approximate surface area is 103 Å². The Balaban J connectivity index is 1.99. The maximum atomic E-state index is 10.4. The van der Waals surface area contributed by atoms with Gasteiger partial charge in [0.15, 0.2) is 0 Å². The van der Waals surface area contributed by atoms with Gasteiger partial charge < -0.3 is 5.11 Å². The summed E-state index contributed by atoms with van der Waals surface area (Å²) in [5.74, 6) is -0.766. The van der Waals surface area contributed by atoms with Crippen LogP contribution < -0.4 is 0 Å². The number of carboxylic acid groups (broad SMARTS) is 1. The summed E-state index contributed by atoms with van der Waals surface area (Å²) in [4.78, 5) is 10.4. The van der Waals surface area contributed by atoms with E-state index in [0.717, 1.165) is 15.6 Å². The van der Waals surface area contributed by atoms with Crippen molar-refractivity contribution in [2.75, 3.05) is 0 Å². The van der Waals surface area contributed by atoms with Crippen molar-refractivity contribution in [2.45, 2.75) is 19.3 Å². The van der Waals surface area contributed by atoms with Crippen molar-refractivity contribution in [1.82, 2.24) is 10.2 Å². The normalized spacial score (nSPS) is 10.4. The third kappa shape index (κ3) is 3.35. The summed E-state index contributed by atoms with van der Waals surface area (Å²) in [7, 11) is 0. The zero-order chi connectivity index (χ0) is 12.1. The van der Waals surface area contributed by atoms with Crippen LogP contribution >= 0.6 is 11.3 Å². The fourth-order valence-electron chi connectivity index (χ4n) is 1.44. The Hall–Kier alpha value is -1.75. The van der Waals surface area contributed by atoms with Gasteiger partial charge >= 0.3 is 5.97 Å². The van der Waals surface area contributed by atoms with Crippen LogP contribution in [0.5, 0.6) is 0 Å². The largest absolute Gasteiger partial charge is 0.481 e. The SMILES string of the molecule is O=C(O)CCCc1nnc(-c2ccccc2)s1. The zero-order valence-corrected chi connectivity index (χ0v) is 9.98. The van der Waals surface area contributed by atoms with E-state index in [1.165, 1.54) is 11.3 Å². The van der Waals surface area contributed by atoms with Crippen LogP contribution in [0, 0.1) is 0 Å². The van der Waals surface area contributed by atoms with Gasteiger partial charge in [0.25, 0.3) is 0 Å². The maximum absolute atomic E-state index is 10.4. The molecule has 1 N–H and O–H groups in total. The van der Waals surface area contributed by atoms with Gasteiger partial charge in [0.1, 0.15) is 10.0 Å². The number of carboxylic acids is 1. The molecule has 2 rings (SSSR count). The molecule has 0 aliphatic carbocycles. The molecule has 1 heterocycles. The van der Waals surface area contributed by atoms with Gasteiger partial charge in [0.2, 0.25) is 0 Å². The molecule has 0 bridgehead atoms. The van der Waals surface area contributed by atoms with Gasteiger partial charge in [-0.2, -0.15) is 0 Å². The molecule has 0 aliphatic heterocycles. The molecular formula is C12H12N2O2S. The monoisotopic (exact) mass is 248 g/mol. The lowest BCUT2D eigenvalue weighted by Crippen LogP contribution is -1.95. The maximum Gasteiger partial charge on any atom is 0.303 e. The Kier molecular flexibility index (Phi) is 3.82. The lowest BCUT2D eigenvalue weighted by atomic mass is 10.2. The fourth-order valence-corrected chi connectivity index (χ4v) is 2.33. The molecule has 5 heteroatoms. The fraction of sp³-hybridized carbons (Fsp3) is 0.250. The average Bonchev–Trinajstić information content (AvgIpc) is 2.78. The van der Waals surface area contributed by atoms with Crippen LogP contribution in [0.15, 0.2) is 30.3 Å². The second kappa shape index (κ2) is 5.54. The van der Waals surface area contributed by atoms with E-state index in [1.807, 2.05) is 30.3 Å². The smallest absolute Gasteiger partial charge is 0.303 e. The van der Waals surface area contributed by atoms with Crippen molar-refractivity contribution >= 4 is 17.3 Å². The van der Waals surface area contributed by atoms with Gasteiger partial charge in [-0.1, -0.05) is 41.7 Å². The highest BCUT2D eigenvalue weighted by molar-refractivity contribution is 7.14. The second-order valence-corrected chi connectivity index (χ2v) is 4.68. The highest BCUT2D eigenvalue weighted by Gasteiger charge is 2.06. The van der Waals surface area contributed by atoms with Crippen molar-refractivity contribution in [3.8, 4) is 10.6 Å². The average molecular weight is 248 g/mol. The van der Waals surface area contributed by atoms with Crippen LogP contribution in [0.1, 0.15) is 17.8 Å². The topological polar surface area (TPSA) is 63.1 Å². The summed E-state index contributed by atoms with van der Waals surface area (Å²) in [6.45, 7) is 0. The standard InChI is InChI=1S/C12H12N2O2S/c15-11(16)8-4-7-10-13-14-12(17-10)9-5-2-1-3-6-9/h1-3,5-6H,4,7-8H2,(H,15,16). The Bertz CT molecular complexity index is 496. The molecule has 0 atom stereocenters. The van der Waals surface area contributed by atoms with Crippen molar-refractivity contribution in [3.63, 3.8) is 0 Å². The first-order valence-corrected chi connectivity index (χ1v) is 6.17. The number of hydrogen-bond donors (Lipinski definition) is 1. The van der Waals surface area contributed by atoms with Crippen LogP contribution in [-0.2, 0) is 11.2 Å². The van der Waals surface area contributed by atoms with E-state index in [2.05, 4.69) is 10.2 Å². The molecule has 0 saturated carbocycles. The third-order valence-electron chi connectivity index (χ3n) is 2.27. The first-order chi connectivity index (χ1) is 8.25. The van der Waals surface area contributed by atoms with Gasteiger partial charge in [-0.25, -0.2) is 0 Å². The number of hydrogen-bond acceptors (Lipinski definition) is 4. The third-order valence-corrected chi connectivity index (χ3v) is 3.30. The summed E-state index contributed by atoms with van der Waals surface area (Å²) in [5, 5.41) is 18.5. The van der Waals surface area contributed by atoms with Gasteiger partial charge in [0, 0.05) is 18.4 Å². The van der Waals surface area contributed by atoms with Crippen LogP contribution in [0.2, 0.25) is 0 Å². The predicted octanol–water partition coefficient (Wildman–Crippen LogP) is 2.61. The van der Waals surface area contributed by atoms with Crippen molar-refractivity contribution in [2.24, 2.45) is 0 Å². The van der Waals surface area contributed by atoms with Crippen molar-refractivity contribution in [1.29, 1.82) is 0 Å². The van der Waals surface area contributed by atoms with Crippen LogP contribution in [-0.4, -0.2) is 21.3 Å². The molecule has 1 aromatic carbocycles. The van der Waals surface area contributed by atoms with E-state index in [0.29, 0.717) is 12.8 Å². The number of aliphatic carboxylic acids is 1. The number of carbonyl (C=O) groups is 1. The van der Waals surface area contributed by atoms with Crippen LogP contribution in [0.25, 0.3) is 10.6 Å². The van der Waals surface area contributed by atoms with E-state index < -0.39 is 5.97 Å². The van der Waals surface area contributed by atoms with E-state index in [9.17, 15) is 4.79 Å². The lowest BCUT2D eigenvalue weighted by Gasteiger charge is -1.92. The van der Waals surface area contributed by atoms with E-state index in [4.69, 9.17) is 5.11 Å². The molecular weight excluding hydrogens is 236 g/mol. The van der Waals surface area contributed by atoms with Gasteiger partial charge in [-0.3, -0.25) is 4.79 Å². The predicted molar refractivity (Wildman–Crippen MR) is 65.9 cm³/mol. The summed E-state index contributed by atoms with van der Waals surface area (Å²) in [6, 6.07) is 9.85. The van der Waals surface area contributed by atoms with E-state index in [1.54, 1.807) is 0 Å². The number of nitrogens with zero attached hydrogens (tertiary/aromatic N) is 2. The molecule has 2 aromatic rings. The number of aryl methyl sites for hydroxylation is 1. The molecule has 0 amide bonds. The Morgan fingerprint density at radius 3 is 2.71 bits per heavy atom. The van der Waals surface area contributed by atoms with Crippen molar-refractivity contribution in [3.05, 3.63) is 35.3 Å². The summed E-state index contributed by atoms with van der Waals surface area (Å²) < 4.78 is 0. The number of rotatable bonds is 5. The quantitative estimate of drug-likeness (QED) is 0.883. The summed E-state index contributed by atoms with van der Waals surface area (Å²) in [5.41, 5.74) is 1.05. The zero-order valence-electron chi connectivity index (χ0n) is 9.17. The lowest BCUT2D eigenvalue weighted by molar-refractivity contribution is -0.137. The van der Waals surface area contributed by atoms with Gasteiger partial charge in [-0.15, -0.1) is 10.2 Å². The summed E-state index contributed by atoms with van der Waals surface area (Å²) in [6.07, 6.45) is 1.47. The molecule has 0 radical (unpaired) electrons. The molecule has 4 nitrogen and oxygen atoms in total. The molecule has 0 fully saturated rings. The molecule has 0 aliphatic rings. The van der Waals surface area contributed by atoms with Crippen LogP contribution in [0.3, 0.4) is 0 Å². The molecule has 0 saturated heterocycles. The minimum absolute atomic E-state index is 0.181. The summed E-state index contributed by atoms with van der Waals surface area (Å²) >= 11 is 1.52. The number of benzene rings is 1. The van der Waals surface area contributed by atoms with Gasteiger partial charge in [0.05, 0.1) is 0 Å². The first-order valence-electron chi connectivity index (χ1n) is 5.35. The van der Waals surface area contributed by atoms with Crippen molar-refractivity contribution < 1.29 is 9.90 Å². The molecule has 1 aromatic heterocycles.